The molecular formula is C15H20Si. The summed E-state index contributed by atoms with van der Waals surface area (Å²) < 4.78 is 0. The Bertz CT molecular complexity index is 407. The van der Waals surface area contributed by atoms with Crippen molar-refractivity contribution in [2.75, 3.05) is 0 Å². The highest BCUT2D eigenvalue weighted by Gasteiger charge is 2.29. The molecule has 0 spiro atoms. The summed E-state index contributed by atoms with van der Waals surface area (Å²) >= 11 is 0. The summed E-state index contributed by atoms with van der Waals surface area (Å²) in [6.45, 7) is 7.35. The molecule has 0 heterocycles. The van der Waals surface area contributed by atoms with Crippen molar-refractivity contribution >= 4 is 8.07 Å². The predicted molar refractivity (Wildman–Crippen MR) is 74.5 cm³/mol. The molecule has 0 radical (unpaired) electrons. The van der Waals surface area contributed by atoms with Gasteiger partial charge in [0.2, 0.25) is 0 Å². The molecule has 1 aromatic carbocycles. The Morgan fingerprint density at radius 3 is 2.38 bits per heavy atom. The average molecular weight is 228 g/mol. The van der Waals surface area contributed by atoms with Gasteiger partial charge in [0.15, 0.2) is 0 Å². The van der Waals surface area contributed by atoms with Crippen molar-refractivity contribution < 1.29 is 0 Å². The van der Waals surface area contributed by atoms with Gasteiger partial charge in [0, 0.05) is 0 Å². The zero-order valence-corrected chi connectivity index (χ0v) is 11.4. The first kappa shape index (κ1) is 11.4. The molecule has 0 N–H and O–H groups in total. The Hall–Kier alpha value is -1.08. The van der Waals surface area contributed by atoms with Crippen molar-refractivity contribution in [3.05, 3.63) is 59.7 Å². The predicted octanol–water partition coefficient (Wildman–Crippen LogP) is 4.43. The van der Waals surface area contributed by atoms with Crippen LogP contribution in [0, 0.1) is 0 Å². The molecule has 1 heteroatoms. The van der Waals surface area contributed by atoms with E-state index in [1.165, 1.54) is 5.56 Å². The lowest BCUT2D eigenvalue weighted by Crippen LogP contribution is -2.27. The van der Waals surface area contributed by atoms with Crippen LogP contribution in [0.5, 0.6) is 0 Å². The third kappa shape index (κ3) is 2.53. The van der Waals surface area contributed by atoms with E-state index in [1.54, 1.807) is 5.57 Å². The smallest absolute Gasteiger partial charge is 0.0561 e. The highest BCUT2D eigenvalue weighted by Crippen LogP contribution is 2.36. The van der Waals surface area contributed by atoms with Crippen molar-refractivity contribution in [1.82, 2.24) is 0 Å². The van der Waals surface area contributed by atoms with Gasteiger partial charge in [-0.3, -0.25) is 0 Å². The molecule has 0 nitrogen and oxygen atoms in total. The maximum absolute atomic E-state index is 2.45. The minimum atomic E-state index is -1.10. The molecule has 0 aromatic heterocycles. The van der Waals surface area contributed by atoms with E-state index in [4.69, 9.17) is 0 Å². The van der Waals surface area contributed by atoms with E-state index in [9.17, 15) is 0 Å². The van der Waals surface area contributed by atoms with E-state index in [1.807, 2.05) is 0 Å². The summed E-state index contributed by atoms with van der Waals surface area (Å²) in [5.74, 6) is 0. The molecule has 0 amide bonds. The zero-order valence-electron chi connectivity index (χ0n) is 10.4. The highest BCUT2D eigenvalue weighted by molar-refractivity contribution is 6.78. The third-order valence-corrected chi connectivity index (χ3v) is 5.63. The second kappa shape index (κ2) is 4.42. The molecule has 84 valence electrons. The fraction of sp³-hybridized carbons (Fsp3) is 0.333. The summed E-state index contributed by atoms with van der Waals surface area (Å²) in [5, 5.41) is 0. The number of rotatable bonds is 3. The molecular weight excluding hydrogens is 208 g/mol. The number of hydrogen-bond donors (Lipinski definition) is 0. The first-order valence-electron chi connectivity index (χ1n) is 5.98. The van der Waals surface area contributed by atoms with Crippen LogP contribution in [0.1, 0.15) is 5.56 Å². The van der Waals surface area contributed by atoms with Gasteiger partial charge in [0.05, 0.1) is 8.07 Å². The van der Waals surface area contributed by atoms with Crippen molar-refractivity contribution in [3.8, 4) is 0 Å². The van der Waals surface area contributed by atoms with Crippen LogP contribution in [0.3, 0.4) is 0 Å². The molecule has 16 heavy (non-hydrogen) atoms. The van der Waals surface area contributed by atoms with Crippen LogP contribution in [0.4, 0.5) is 0 Å². The monoisotopic (exact) mass is 228 g/mol. The topological polar surface area (TPSA) is 0 Å². The SMILES string of the molecule is C[Si](C)(C)C1C=CC=C1Cc1ccccc1. The lowest BCUT2D eigenvalue weighted by atomic mass is 10.0. The van der Waals surface area contributed by atoms with Gasteiger partial charge in [-0.25, -0.2) is 0 Å². The highest BCUT2D eigenvalue weighted by atomic mass is 28.3. The van der Waals surface area contributed by atoms with Crippen molar-refractivity contribution in [2.24, 2.45) is 0 Å². The van der Waals surface area contributed by atoms with Gasteiger partial charge in [-0.1, -0.05) is 73.8 Å². The van der Waals surface area contributed by atoms with E-state index in [2.05, 4.69) is 68.2 Å². The Morgan fingerprint density at radius 1 is 1.06 bits per heavy atom. The second-order valence-corrected chi connectivity index (χ2v) is 11.0. The maximum Gasteiger partial charge on any atom is 0.0561 e. The lowest BCUT2D eigenvalue weighted by Gasteiger charge is -2.26. The molecule has 1 aromatic rings. The maximum atomic E-state index is 2.45. The minimum absolute atomic E-state index is 0.729. The van der Waals surface area contributed by atoms with Crippen molar-refractivity contribution in [2.45, 2.75) is 31.6 Å². The van der Waals surface area contributed by atoms with Crippen LogP contribution in [0.2, 0.25) is 25.2 Å². The standard InChI is InChI=1S/C15H20Si/c1-16(2,3)15-11-7-10-14(15)12-13-8-5-4-6-9-13/h4-11,15H,12H2,1-3H3. The lowest BCUT2D eigenvalue weighted by molar-refractivity contribution is 1.05. The van der Waals surface area contributed by atoms with Gasteiger partial charge in [-0.2, -0.15) is 0 Å². The first-order valence-corrected chi connectivity index (χ1v) is 9.56. The largest absolute Gasteiger partial charge is 0.0801 e. The van der Waals surface area contributed by atoms with E-state index in [0.717, 1.165) is 12.0 Å². The molecule has 1 aliphatic carbocycles. The molecule has 0 saturated heterocycles. The Kier molecular flexibility index (Phi) is 3.15. The Labute approximate surface area is 99.7 Å². The van der Waals surface area contributed by atoms with Crippen LogP contribution < -0.4 is 0 Å². The molecule has 1 aliphatic rings. The summed E-state index contributed by atoms with van der Waals surface area (Å²) in [6, 6.07) is 10.8. The van der Waals surface area contributed by atoms with Gasteiger partial charge >= 0.3 is 0 Å². The molecule has 0 bridgehead atoms. The first-order chi connectivity index (χ1) is 7.57. The molecule has 1 atom stereocenters. The zero-order chi connectivity index (χ0) is 11.6. The minimum Gasteiger partial charge on any atom is -0.0801 e. The van der Waals surface area contributed by atoms with Crippen molar-refractivity contribution in [3.63, 3.8) is 0 Å². The summed E-state index contributed by atoms with van der Waals surface area (Å²) in [7, 11) is -1.10. The van der Waals surface area contributed by atoms with E-state index >= 15 is 0 Å². The number of benzene rings is 1. The van der Waals surface area contributed by atoms with Crippen LogP contribution >= 0.6 is 0 Å². The van der Waals surface area contributed by atoms with Gasteiger partial charge in [0.1, 0.15) is 0 Å². The van der Waals surface area contributed by atoms with E-state index < -0.39 is 8.07 Å². The fourth-order valence-corrected chi connectivity index (χ4v) is 4.36. The number of allylic oxidation sites excluding steroid dienone is 4. The van der Waals surface area contributed by atoms with Crippen LogP contribution in [-0.4, -0.2) is 8.07 Å². The molecule has 0 fully saturated rings. The van der Waals surface area contributed by atoms with Crippen LogP contribution in [0.25, 0.3) is 0 Å². The van der Waals surface area contributed by atoms with Gasteiger partial charge in [-0.15, -0.1) is 0 Å². The molecule has 0 aliphatic heterocycles. The van der Waals surface area contributed by atoms with Crippen molar-refractivity contribution in [1.29, 1.82) is 0 Å². The normalized spacial score (nSPS) is 19.9. The molecule has 0 saturated carbocycles. The summed E-state index contributed by atoms with van der Waals surface area (Å²) in [4.78, 5) is 0. The van der Waals surface area contributed by atoms with Gasteiger partial charge in [-0.05, 0) is 17.5 Å². The quantitative estimate of drug-likeness (QED) is 0.671. The van der Waals surface area contributed by atoms with Crippen LogP contribution in [-0.2, 0) is 6.42 Å². The van der Waals surface area contributed by atoms with Gasteiger partial charge < -0.3 is 0 Å². The summed E-state index contributed by atoms with van der Waals surface area (Å²) in [6.07, 6.45) is 8.06. The van der Waals surface area contributed by atoms with Crippen LogP contribution in [0.15, 0.2) is 54.1 Å². The molecule has 2 rings (SSSR count). The van der Waals surface area contributed by atoms with E-state index in [-0.39, 0.29) is 0 Å². The third-order valence-electron chi connectivity index (χ3n) is 3.20. The fourth-order valence-electron chi connectivity index (χ4n) is 2.36. The Balaban J connectivity index is 2.12. The average Bonchev–Trinajstić information content (AvgIpc) is 2.67. The number of hydrogen-bond acceptors (Lipinski definition) is 0. The van der Waals surface area contributed by atoms with Gasteiger partial charge in [0.25, 0.3) is 0 Å². The second-order valence-electron chi connectivity index (χ2n) is 5.63. The Morgan fingerprint density at radius 2 is 1.75 bits per heavy atom. The summed E-state index contributed by atoms with van der Waals surface area (Å²) in [5.41, 5.74) is 3.76. The molecule has 1 unspecified atom stereocenters. The van der Waals surface area contributed by atoms with E-state index in [0.29, 0.717) is 0 Å².